The van der Waals surface area contributed by atoms with Crippen molar-refractivity contribution in [1.82, 2.24) is 0 Å². The normalized spacial score (nSPS) is 12.6. The molecule has 0 rings (SSSR count). The lowest BCUT2D eigenvalue weighted by molar-refractivity contribution is -0.167. The molecule has 77 heavy (non-hydrogen) atoms. The molecule has 0 aliphatic heterocycles. The largest absolute Gasteiger partial charge is 0.462 e. The molecule has 0 aromatic heterocycles. The molecule has 0 aromatic rings. The molecule has 0 saturated heterocycles. The van der Waals surface area contributed by atoms with Crippen molar-refractivity contribution >= 4 is 17.9 Å². The summed E-state index contributed by atoms with van der Waals surface area (Å²) in [4.78, 5) is 38.3. The van der Waals surface area contributed by atoms with E-state index in [1.54, 1.807) is 0 Å². The molecule has 0 saturated carbocycles. The third-order valence-corrected chi connectivity index (χ3v) is 14.4. The summed E-state index contributed by atoms with van der Waals surface area (Å²) in [5.41, 5.74) is 0. The predicted octanol–water partition coefficient (Wildman–Crippen LogP) is 22.7. The number of hydrogen-bond acceptors (Lipinski definition) is 6. The van der Waals surface area contributed by atoms with Crippen LogP contribution in [0.25, 0.3) is 0 Å². The first-order valence-corrected chi connectivity index (χ1v) is 33.1. The summed E-state index contributed by atoms with van der Waals surface area (Å²) in [6, 6.07) is 0. The molecule has 0 heterocycles. The molecule has 0 aliphatic rings. The first kappa shape index (κ1) is 73.6. The van der Waals surface area contributed by atoms with Gasteiger partial charge in [0.25, 0.3) is 0 Å². The smallest absolute Gasteiger partial charge is 0.306 e. The van der Waals surface area contributed by atoms with Crippen LogP contribution in [-0.4, -0.2) is 37.2 Å². The van der Waals surface area contributed by atoms with Crippen LogP contribution in [0.15, 0.2) is 85.1 Å². The summed E-state index contributed by atoms with van der Waals surface area (Å²) in [5, 5.41) is 0. The molecule has 0 bridgehead atoms. The van der Waals surface area contributed by atoms with E-state index < -0.39 is 6.10 Å². The van der Waals surface area contributed by atoms with Crippen LogP contribution >= 0.6 is 0 Å². The minimum atomic E-state index is -0.788. The summed E-state index contributed by atoms with van der Waals surface area (Å²) in [6.45, 7) is 6.49. The Morgan fingerprint density at radius 1 is 0.273 bits per heavy atom. The molecule has 0 radical (unpaired) electrons. The number of rotatable bonds is 60. The van der Waals surface area contributed by atoms with E-state index in [9.17, 15) is 14.4 Å². The Balaban J connectivity index is 4.21. The molecule has 0 amide bonds. The monoisotopic (exact) mass is 1070 g/mol. The summed E-state index contributed by atoms with van der Waals surface area (Å²) < 4.78 is 16.9. The molecule has 0 aliphatic carbocycles. The maximum Gasteiger partial charge on any atom is 0.306 e. The Hall–Kier alpha value is -3.41. The zero-order chi connectivity index (χ0) is 55.7. The SMILES string of the molecule is CC/C=C\C/C=C\C/C=C\C/C=C\CCCCCCCCC(=O)OC(COC(=O)CCCCCCC/C=C\CCCC)COC(=O)CCCCCCCCCCCCCCCCCCC/C=C\C/C=C\CCCCCCC. The van der Waals surface area contributed by atoms with Gasteiger partial charge in [-0.3, -0.25) is 14.4 Å². The van der Waals surface area contributed by atoms with Crippen molar-refractivity contribution in [2.75, 3.05) is 13.2 Å². The number of carbonyl (C=O) groups excluding carboxylic acids is 3. The number of ether oxygens (including phenoxy) is 3. The Kier molecular flexibility index (Phi) is 62.2. The molecule has 444 valence electrons. The topological polar surface area (TPSA) is 78.9 Å². The van der Waals surface area contributed by atoms with E-state index in [1.165, 1.54) is 180 Å². The fourth-order valence-corrected chi connectivity index (χ4v) is 9.39. The first-order valence-electron chi connectivity index (χ1n) is 33.1. The predicted molar refractivity (Wildman–Crippen MR) is 334 cm³/mol. The Bertz CT molecular complexity index is 1470. The van der Waals surface area contributed by atoms with Gasteiger partial charge in [0.1, 0.15) is 13.2 Å². The summed E-state index contributed by atoms with van der Waals surface area (Å²) in [5.74, 6) is -0.895. The van der Waals surface area contributed by atoms with Gasteiger partial charge >= 0.3 is 17.9 Å². The lowest BCUT2D eigenvalue weighted by atomic mass is 10.0. The van der Waals surface area contributed by atoms with Gasteiger partial charge in [0.15, 0.2) is 6.10 Å². The van der Waals surface area contributed by atoms with Gasteiger partial charge in [-0.25, -0.2) is 0 Å². The second-order valence-electron chi connectivity index (χ2n) is 22.0. The third kappa shape index (κ3) is 63.3. The fraction of sp³-hybridized carbons (Fsp3) is 0.761. The van der Waals surface area contributed by atoms with Crippen LogP contribution in [0.2, 0.25) is 0 Å². The van der Waals surface area contributed by atoms with E-state index >= 15 is 0 Å². The highest BCUT2D eigenvalue weighted by atomic mass is 16.6. The first-order chi connectivity index (χ1) is 38.0. The van der Waals surface area contributed by atoms with E-state index in [4.69, 9.17) is 14.2 Å². The van der Waals surface area contributed by atoms with E-state index in [0.29, 0.717) is 19.3 Å². The van der Waals surface area contributed by atoms with E-state index in [2.05, 4.69) is 106 Å². The van der Waals surface area contributed by atoms with Crippen molar-refractivity contribution in [2.45, 2.75) is 335 Å². The molecule has 0 spiro atoms. The molecule has 1 unspecified atom stereocenters. The van der Waals surface area contributed by atoms with Crippen LogP contribution in [0.3, 0.4) is 0 Å². The van der Waals surface area contributed by atoms with E-state index in [-0.39, 0.29) is 31.1 Å². The quantitative estimate of drug-likeness (QED) is 0.0261. The van der Waals surface area contributed by atoms with Crippen LogP contribution in [0.4, 0.5) is 0 Å². The summed E-state index contributed by atoms with van der Waals surface area (Å²) in [6.07, 6.45) is 86.1. The van der Waals surface area contributed by atoms with Gasteiger partial charge in [0.2, 0.25) is 0 Å². The Labute approximate surface area is 477 Å². The van der Waals surface area contributed by atoms with Crippen molar-refractivity contribution in [3.63, 3.8) is 0 Å². The number of allylic oxidation sites excluding steroid dienone is 14. The molecule has 6 nitrogen and oxygen atoms in total. The lowest BCUT2D eigenvalue weighted by Crippen LogP contribution is -2.30. The second-order valence-corrected chi connectivity index (χ2v) is 22.0. The van der Waals surface area contributed by atoms with Gasteiger partial charge in [-0.1, -0.05) is 286 Å². The van der Waals surface area contributed by atoms with Crippen molar-refractivity contribution in [3.8, 4) is 0 Å². The summed E-state index contributed by atoms with van der Waals surface area (Å²) in [7, 11) is 0. The molecule has 0 N–H and O–H groups in total. The van der Waals surface area contributed by atoms with Crippen LogP contribution < -0.4 is 0 Å². The minimum absolute atomic E-state index is 0.0830. The molecule has 0 aromatic carbocycles. The lowest BCUT2D eigenvalue weighted by Gasteiger charge is -2.18. The molecular formula is C71H124O6. The Morgan fingerprint density at radius 3 is 0.844 bits per heavy atom. The van der Waals surface area contributed by atoms with Crippen molar-refractivity contribution in [3.05, 3.63) is 85.1 Å². The summed E-state index contributed by atoms with van der Waals surface area (Å²) >= 11 is 0. The van der Waals surface area contributed by atoms with Gasteiger partial charge in [-0.05, 0) is 109 Å². The molecule has 1 atom stereocenters. The molecule has 0 fully saturated rings. The Morgan fingerprint density at radius 2 is 0.519 bits per heavy atom. The third-order valence-electron chi connectivity index (χ3n) is 14.4. The van der Waals surface area contributed by atoms with Crippen LogP contribution in [-0.2, 0) is 28.6 Å². The molecular weight excluding hydrogens is 949 g/mol. The van der Waals surface area contributed by atoms with Gasteiger partial charge in [0.05, 0.1) is 0 Å². The average Bonchev–Trinajstić information content (AvgIpc) is 3.43. The highest BCUT2D eigenvalue weighted by Crippen LogP contribution is 2.17. The average molecular weight is 1070 g/mol. The fourth-order valence-electron chi connectivity index (χ4n) is 9.39. The number of hydrogen-bond donors (Lipinski definition) is 0. The highest BCUT2D eigenvalue weighted by molar-refractivity contribution is 5.71. The van der Waals surface area contributed by atoms with Crippen LogP contribution in [0.5, 0.6) is 0 Å². The number of esters is 3. The zero-order valence-corrected chi connectivity index (χ0v) is 51.0. The molecule has 6 heteroatoms. The van der Waals surface area contributed by atoms with Crippen molar-refractivity contribution in [2.24, 2.45) is 0 Å². The van der Waals surface area contributed by atoms with E-state index in [1.807, 2.05) is 0 Å². The minimum Gasteiger partial charge on any atom is -0.462 e. The van der Waals surface area contributed by atoms with Gasteiger partial charge < -0.3 is 14.2 Å². The van der Waals surface area contributed by atoms with Crippen LogP contribution in [0.1, 0.15) is 329 Å². The van der Waals surface area contributed by atoms with Crippen molar-refractivity contribution < 1.29 is 28.6 Å². The number of carbonyl (C=O) groups is 3. The van der Waals surface area contributed by atoms with Gasteiger partial charge in [-0.2, -0.15) is 0 Å². The number of unbranched alkanes of at least 4 members (excludes halogenated alkanes) is 35. The second kappa shape index (κ2) is 65.1. The standard InChI is InChI=1S/C71H124O6/c1-4-7-10-13-16-19-22-24-26-28-30-31-32-33-34-35-36-37-38-39-41-42-44-46-49-52-55-58-61-64-70(73)76-67-68(66-75-69(72)63-60-57-54-51-48-21-18-15-12-9-6-3)77-71(74)65-62-59-56-53-50-47-45-43-40-29-27-25-23-20-17-14-11-8-5-2/h8,11,15,17-18,20,22,24-25,27-28,30,40,43,68H,4-7,9-10,12-14,16,19,21,23,26,29,31-39,41-42,44-67H2,1-3H3/b11-8-,18-15-,20-17-,24-22-,27-25-,30-28-,43-40-. The van der Waals surface area contributed by atoms with E-state index in [0.717, 1.165) is 109 Å². The van der Waals surface area contributed by atoms with Gasteiger partial charge in [0, 0.05) is 19.3 Å². The maximum atomic E-state index is 12.9. The van der Waals surface area contributed by atoms with Crippen LogP contribution in [0, 0.1) is 0 Å². The maximum absolute atomic E-state index is 12.9. The zero-order valence-electron chi connectivity index (χ0n) is 51.0. The highest BCUT2D eigenvalue weighted by Gasteiger charge is 2.19. The van der Waals surface area contributed by atoms with Gasteiger partial charge in [-0.15, -0.1) is 0 Å². The van der Waals surface area contributed by atoms with Crippen molar-refractivity contribution in [1.29, 1.82) is 0 Å².